The van der Waals surface area contributed by atoms with E-state index in [4.69, 9.17) is 0 Å². The minimum absolute atomic E-state index is 0.0784. The van der Waals surface area contributed by atoms with Gasteiger partial charge in [0.2, 0.25) is 5.95 Å². The molecule has 0 aliphatic heterocycles. The fourth-order valence-electron chi connectivity index (χ4n) is 1.43. The smallest absolute Gasteiger partial charge is 0.269 e. The Labute approximate surface area is 103 Å². The van der Waals surface area contributed by atoms with Crippen molar-refractivity contribution in [2.45, 2.75) is 12.8 Å². The van der Waals surface area contributed by atoms with Crippen LogP contribution in [0.15, 0.2) is 24.5 Å². The number of hydrogen-bond donors (Lipinski definition) is 2. The first kappa shape index (κ1) is 12.2. The van der Waals surface area contributed by atoms with Crippen molar-refractivity contribution in [3.05, 3.63) is 42.0 Å². The Morgan fingerprint density at radius 2 is 2.33 bits per heavy atom. The first-order valence-corrected chi connectivity index (χ1v) is 5.51. The number of aromatic amines is 1. The van der Waals surface area contributed by atoms with E-state index in [2.05, 4.69) is 25.5 Å². The number of hydrogen-bond acceptors (Lipinski definition) is 4. The lowest BCUT2D eigenvalue weighted by Crippen LogP contribution is -2.25. The van der Waals surface area contributed by atoms with Gasteiger partial charge in [-0.3, -0.25) is 9.89 Å². The molecule has 0 aliphatic rings. The molecule has 2 N–H and O–H groups in total. The van der Waals surface area contributed by atoms with E-state index in [-0.39, 0.29) is 11.6 Å². The molecule has 7 heteroatoms. The first-order valence-electron chi connectivity index (χ1n) is 5.51. The number of amides is 1. The molecule has 0 aromatic carbocycles. The Balaban J connectivity index is 1.75. The molecule has 0 spiro atoms. The summed E-state index contributed by atoms with van der Waals surface area (Å²) < 4.78 is 12.8. The summed E-state index contributed by atoms with van der Waals surface area (Å²) in [5.74, 6) is -0.274. The maximum atomic E-state index is 12.8. The second kappa shape index (κ2) is 5.85. The monoisotopic (exact) mass is 249 g/mol. The molecule has 0 unspecified atom stereocenters. The maximum absolute atomic E-state index is 12.8. The van der Waals surface area contributed by atoms with E-state index in [0.717, 1.165) is 12.2 Å². The van der Waals surface area contributed by atoms with Crippen molar-refractivity contribution < 1.29 is 9.18 Å². The van der Waals surface area contributed by atoms with Crippen LogP contribution in [0.2, 0.25) is 0 Å². The van der Waals surface area contributed by atoms with Crippen LogP contribution < -0.4 is 5.32 Å². The van der Waals surface area contributed by atoms with Crippen LogP contribution in [0.1, 0.15) is 22.7 Å². The number of nitrogens with zero attached hydrogens (tertiary/aromatic N) is 3. The fourth-order valence-corrected chi connectivity index (χ4v) is 1.43. The second-order valence-corrected chi connectivity index (χ2v) is 3.64. The van der Waals surface area contributed by atoms with Crippen LogP contribution in [0.25, 0.3) is 0 Å². The molecule has 2 aromatic rings. The average Bonchev–Trinajstić information content (AvgIpc) is 2.87. The summed E-state index contributed by atoms with van der Waals surface area (Å²) in [6, 6.07) is 4.11. The van der Waals surface area contributed by atoms with Gasteiger partial charge in [-0.15, -0.1) is 0 Å². The van der Waals surface area contributed by atoms with Gasteiger partial charge in [-0.2, -0.15) is 9.49 Å². The summed E-state index contributed by atoms with van der Waals surface area (Å²) in [5, 5.41) is 9.11. The molecular formula is C11H12FN5O. The third kappa shape index (κ3) is 3.34. The van der Waals surface area contributed by atoms with Crippen LogP contribution in [-0.2, 0) is 6.42 Å². The highest BCUT2D eigenvalue weighted by Crippen LogP contribution is 1.98. The number of halogens is 1. The van der Waals surface area contributed by atoms with Crippen molar-refractivity contribution in [2.24, 2.45) is 0 Å². The molecule has 0 bridgehead atoms. The quantitative estimate of drug-likeness (QED) is 0.603. The number of carbonyl (C=O) groups excluding carboxylic acids is 1. The van der Waals surface area contributed by atoms with Gasteiger partial charge in [0.05, 0.1) is 0 Å². The standard InChI is InChI=1S/C11H12FN5O/c12-9-4-1-3-8(16-9)11(18)13-6-2-5-10-14-7-15-17-10/h1,3-4,7H,2,5-6H2,(H,13,18)(H,14,15,17). The second-order valence-electron chi connectivity index (χ2n) is 3.64. The van der Waals surface area contributed by atoms with Gasteiger partial charge in [0, 0.05) is 13.0 Å². The molecule has 18 heavy (non-hydrogen) atoms. The highest BCUT2D eigenvalue weighted by molar-refractivity contribution is 5.92. The van der Waals surface area contributed by atoms with Gasteiger partial charge in [0.15, 0.2) is 0 Å². The van der Waals surface area contributed by atoms with Gasteiger partial charge in [0.25, 0.3) is 5.91 Å². The third-order valence-electron chi connectivity index (χ3n) is 2.29. The molecule has 94 valence electrons. The minimum atomic E-state index is -0.663. The average molecular weight is 249 g/mol. The Kier molecular flexibility index (Phi) is 3.95. The Morgan fingerprint density at radius 3 is 3.06 bits per heavy atom. The molecule has 2 rings (SSSR count). The van der Waals surface area contributed by atoms with Crippen molar-refractivity contribution >= 4 is 5.91 Å². The van der Waals surface area contributed by atoms with E-state index in [1.54, 1.807) is 0 Å². The van der Waals surface area contributed by atoms with Crippen LogP contribution in [0.4, 0.5) is 4.39 Å². The van der Waals surface area contributed by atoms with E-state index in [1.165, 1.54) is 24.5 Å². The topological polar surface area (TPSA) is 83.6 Å². The Morgan fingerprint density at radius 1 is 1.44 bits per heavy atom. The molecule has 2 aromatic heterocycles. The SMILES string of the molecule is O=C(NCCCc1ncn[nH]1)c1cccc(F)n1. The van der Waals surface area contributed by atoms with Crippen LogP contribution in [0.5, 0.6) is 0 Å². The van der Waals surface area contributed by atoms with Crippen molar-refractivity contribution in [1.29, 1.82) is 0 Å². The van der Waals surface area contributed by atoms with Gasteiger partial charge in [0.1, 0.15) is 17.8 Å². The number of H-pyrrole nitrogens is 1. The number of nitrogens with one attached hydrogen (secondary N) is 2. The first-order chi connectivity index (χ1) is 8.75. The van der Waals surface area contributed by atoms with Gasteiger partial charge >= 0.3 is 0 Å². The van der Waals surface area contributed by atoms with Crippen LogP contribution in [0.3, 0.4) is 0 Å². The van der Waals surface area contributed by atoms with Crippen LogP contribution in [-0.4, -0.2) is 32.6 Å². The van der Waals surface area contributed by atoms with E-state index >= 15 is 0 Å². The molecule has 6 nitrogen and oxygen atoms in total. The predicted octanol–water partition coefficient (Wildman–Crippen LogP) is 0.701. The zero-order chi connectivity index (χ0) is 12.8. The lowest BCUT2D eigenvalue weighted by molar-refractivity contribution is 0.0947. The van der Waals surface area contributed by atoms with Gasteiger partial charge < -0.3 is 5.32 Å². The molecule has 0 aliphatic carbocycles. The Hall–Kier alpha value is -2.31. The van der Waals surface area contributed by atoms with Crippen molar-refractivity contribution in [3.63, 3.8) is 0 Å². The van der Waals surface area contributed by atoms with Crippen LogP contribution >= 0.6 is 0 Å². The zero-order valence-electron chi connectivity index (χ0n) is 9.56. The number of carbonyl (C=O) groups is 1. The van der Waals surface area contributed by atoms with Gasteiger partial charge in [-0.05, 0) is 18.6 Å². The summed E-state index contributed by atoms with van der Waals surface area (Å²) >= 11 is 0. The lowest BCUT2D eigenvalue weighted by atomic mass is 10.3. The van der Waals surface area contributed by atoms with Crippen LogP contribution in [0, 0.1) is 5.95 Å². The van der Waals surface area contributed by atoms with E-state index in [1.807, 2.05) is 0 Å². The van der Waals surface area contributed by atoms with E-state index < -0.39 is 5.95 Å². The highest BCUT2D eigenvalue weighted by atomic mass is 19.1. The van der Waals surface area contributed by atoms with Gasteiger partial charge in [-0.25, -0.2) is 9.97 Å². The predicted molar refractivity (Wildman–Crippen MR) is 61.2 cm³/mol. The Bertz CT molecular complexity index is 514. The van der Waals surface area contributed by atoms with Crippen molar-refractivity contribution in [1.82, 2.24) is 25.5 Å². The van der Waals surface area contributed by atoms with Crippen molar-refractivity contribution in [3.8, 4) is 0 Å². The summed E-state index contributed by atoms with van der Waals surface area (Å²) in [5.41, 5.74) is 0.0784. The highest BCUT2D eigenvalue weighted by Gasteiger charge is 2.07. The number of pyridine rings is 1. The van der Waals surface area contributed by atoms with Crippen molar-refractivity contribution in [2.75, 3.05) is 6.54 Å². The van der Waals surface area contributed by atoms with Gasteiger partial charge in [-0.1, -0.05) is 6.07 Å². The third-order valence-corrected chi connectivity index (χ3v) is 2.29. The molecular weight excluding hydrogens is 237 g/mol. The minimum Gasteiger partial charge on any atom is -0.351 e. The van der Waals surface area contributed by atoms with E-state index in [0.29, 0.717) is 13.0 Å². The molecule has 0 atom stereocenters. The molecule has 0 radical (unpaired) electrons. The van der Waals surface area contributed by atoms with E-state index in [9.17, 15) is 9.18 Å². The number of rotatable bonds is 5. The number of aryl methyl sites for hydroxylation is 1. The lowest BCUT2D eigenvalue weighted by Gasteiger charge is -2.03. The summed E-state index contributed by atoms with van der Waals surface area (Å²) in [7, 11) is 0. The fraction of sp³-hybridized carbons (Fsp3) is 0.273. The number of aromatic nitrogens is 4. The largest absolute Gasteiger partial charge is 0.351 e. The molecule has 0 saturated heterocycles. The molecule has 0 saturated carbocycles. The normalized spacial score (nSPS) is 10.3. The zero-order valence-corrected chi connectivity index (χ0v) is 9.56. The summed E-state index contributed by atoms with van der Waals surface area (Å²) in [6.07, 6.45) is 2.84. The molecule has 0 fully saturated rings. The molecule has 1 amide bonds. The summed E-state index contributed by atoms with van der Waals surface area (Å²) in [6.45, 7) is 0.470. The maximum Gasteiger partial charge on any atom is 0.269 e. The molecule has 2 heterocycles. The summed E-state index contributed by atoms with van der Waals surface area (Å²) in [4.78, 5) is 19.0.